The maximum absolute atomic E-state index is 6.40. The normalized spacial score (nSPS) is 12.1. The number of hydrogen-bond acceptors (Lipinski definition) is 2. The summed E-state index contributed by atoms with van der Waals surface area (Å²) in [6.07, 6.45) is 0.891. The molecule has 0 unspecified atom stereocenters. The second kappa shape index (κ2) is 8.11. The van der Waals surface area contributed by atoms with Gasteiger partial charge in [0.2, 0.25) is 0 Å². The van der Waals surface area contributed by atoms with E-state index in [0.29, 0.717) is 0 Å². The van der Waals surface area contributed by atoms with E-state index in [1.807, 2.05) is 0 Å². The summed E-state index contributed by atoms with van der Waals surface area (Å²) in [5, 5.41) is 6.86. The van der Waals surface area contributed by atoms with Crippen molar-refractivity contribution in [2.24, 2.45) is 0 Å². The summed E-state index contributed by atoms with van der Waals surface area (Å²) in [6, 6.07) is 45.0. The third-order valence-corrected chi connectivity index (χ3v) is 8.20. The molecule has 0 fully saturated rings. The number of furan rings is 2. The average molecular weight is 514 g/mol. The summed E-state index contributed by atoms with van der Waals surface area (Å²) in [4.78, 5) is 0. The van der Waals surface area contributed by atoms with Gasteiger partial charge in [-0.25, -0.2) is 0 Å². The molecule has 0 aliphatic rings. The lowest BCUT2D eigenvalue weighted by molar-refractivity contribution is 0.664. The smallest absolute Gasteiger partial charge is 0.136 e. The van der Waals surface area contributed by atoms with Gasteiger partial charge >= 0.3 is 0 Å². The highest BCUT2D eigenvalue weighted by molar-refractivity contribution is 6.15. The Labute approximate surface area is 229 Å². The minimum atomic E-state index is 0.873. The topological polar surface area (TPSA) is 31.2 Å². The lowest BCUT2D eigenvalue weighted by atomic mass is 10.0. The molecule has 3 nitrogen and oxygen atoms in total. The van der Waals surface area contributed by atoms with E-state index in [-0.39, 0.29) is 0 Å². The quantitative estimate of drug-likeness (QED) is 0.235. The highest BCUT2D eigenvalue weighted by atomic mass is 16.3. The van der Waals surface area contributed by atoms with Crippen LogP contribution in [0.2, 0.25) is 0 Å². The Bertz CT molecular complexity index is 2350. The van der Waals surface area contributed by atoms with Crippen LogP contribution in [-0.2, 0) is 6.42 Å². The summed E-state index contributed by atoms with van der Waals surface area (Å²) in [7, 11) is 0. The third-order valence-electron chi connectivity index (χ3n) is 8.20. The molecular formula is C37H23NO2. The number of nitrogens with zero attached hydrogens (tertiary/aromatic N) is 1. The molecule has 9 aromatic rings. The van der Waals surface area contributed by atoms with Crippen LogP contribution < -0.4 is 0 Å². The van der Waals surface area contributed by atoms with Crippen LogP contribution in [-0.4, -0.2) is 4.57 Å². The SMILES string of the molecule is c1ccc(Cc2ccc3oc4cc5c(cc4c3c2)oc2ccc(-n3c4ccccc4c4ccccc43)cc25)cc1. The van der Waals surface area contributed by atoms with Crippen molar-refractivity contribution in [1.82, 2.24) is 4.57 Å². The van der Waals surface area contributed by atoms with Gasteiger partial charge in [-0.15, -0.1) is 0 Å². The molecule has 0 radical (unpaired) electrons. The lowest BCUT2D eigenvalue weighted by Crippen LogP contribution is -1.93. The van der Waals surface area contributed by atoms with Crippen LogP contribution in [0.4, 0.5) is 0 Å². The largest absolute Gasteiger partial charge is 0.456 e. The van der Waals surface area contributed by atoms with Gasteiger partial charge in [-0.3, -0.25) is 0 Å². The first-order valence-corrected chi connectivity index (χ1v) is 13.6. The van der Waals surface area contributed by atoms with E-state index < -0.39 is 0 Å². The first-order valence-electron chi connectivity index (χ1n) is 13.6. The summed E-state index contributed by atoms with van der Waals surface area (Å²) in [5.41, 5.74) is 9.60. The van der Waals surface area contributed by atoms with E-state index in [1.165, 1.54) is 32.9 Å². The molecule has 0 spiro atoms. The highest BCUT2D eigenvalue weighted by Crippen LogP contribution is 2.39. The lowest BCUT2D eigenvalue weighted by Gasteiger charge is -2.07. The maximum atomic E-state index is 6.40. The van der Waals surface area contributed by atoms with Crippen molar-refractivity contribution in [2.45, 2.75) is 6.42 Å². The molecule has 0 saturated carbocycles. The van der Waals surface area contributed by atoms with Gasteiger partial charge in [-0.05, 0) is 72.1 Å². The number of hydrogen-bond donors (Lipinski definition) is 0. The van der Waals surface area contributed by atoms with Crippen molar-refractivity contribution in [3.05, 3.63) is 139 Å². The first-order chi connectivity index (χ1) is 19.8. The first kappa shape index (κ1) is 21.6. The second-order valence-corrected chi connectivity index (χ2v) is 10.6. The highest BCUT2D eigenvalue weighted by Gasteiger charge is 2.16. The van der Waals surface area contributed by atoms with Crippen LogP contribution in [0.25, 0.3) is 71.4 Å². The van der Waals surface area contributed by atoms with E-state index in [9.17, 15) is 0 Å². The van der Waals surface area contributed by atoms with Gasteiger partial charge in [0.05, 0.1) is 11.0 Å². The molecule has 188 valence electrons. The van der Waals surface area contributed by atoms with Gasteiger partial charge in [-0.1, -0.05) is 72.8 Å². The molecule has 0 saturated heterocycles. The molecule has 0 atom stereocenters. The number of aromatic nitrogens is 1. The molecular weight excluding hydrogens is 490 g/mol. The Hall–Kier alpha value is -5.28. The van der Waals surface area contributed by atoms with E-state index in [2.05, 4.69) is 132 Å². The third kappa shape index (κ3) is 3.12. The van der Waals surface area contributed by atoms with Gasteiger partial charge in [0.1, 0.15) is 22.3 Å². The van der Waals surface area contributed by atoms with Crippen LogP contribution in [0.15, 0.2) is 136 Å². The van der Waals surface area contributed by atoms with Crippen molar-refractivity contribution < 1.29 is 8.83 Å². The van der Waals surface area contributed by atoms with Crippen LogP contribution in [0.3, 0.4) is 0 Å². The van der Waals surface area contributed by atoms with E-state index in [0.717, 1.165) is 56.0 Å². The Morgan fingerprint density at radius 2 is 0.950 bits per heavy atom. The van der Waals surface area contributed by atoms with Gasteiger partial charge < -0.3 is 13.4 Å². The van der Waals surface area contributed by atoms with Crippen molar-refractivity contribution in [3.8, 4) is 5.69 Å². The Kier molecular flexibility index (Phi) is 4.39. The summed E-state index contributed by atoms with van der Waals surface area (Å²) in [5.74, 6) is 0. The Morgan fingerprint density at radius 3 is 1.62 bits per heavy atom. The molecule has 0 aliphatic heterocycles. The van der Waals surface area contributed by atoms with Gasteiger partial charge in [-0.2, -0.15) is 0 Å². The Balaban J connectivity index is 1.23. The second-order valence-electron chi connectivity index (χ2n) is 10.6. The molecule has 3 heterocycles. The van der Waals surface area contributed by atoms with Crippen molar-refractivity contribution in [1.29, 1.82) is 0 Å². The number of benzene rings is 6. The van der Waals surface area contributed by atoms with E-state index >= 15 is 0 Å². The molecule has 3 aromatic heterocycles. The fourth-order valence-electron chi connectivity index (χ4n) is 6.36. The van der Waals surface area contributed by atoms with Gasteiger partial charge in [0.15, 0.2) is 0 Å². The van der Waals surface area contributed by atoms with E-state index in [4.69, 9.17) is 8.83 Å². The molecule has 0 aliphatic carbocycles. The zero-order valence-electron chi connectivity index (χ0n) is 21.6. The number of rotatable bonds is 3. The molecule has 0 bridgehead atoms. The number of fused-ring (bicyclic) bond motifs is 9. The molecule has 0 N–H and O–H groups in total. The Morgan fingerprint density at radius 1 is 0.400 bits per heavy atom. The fourth-order valence-corrected chi connectivity index (χ4v) is 6.36. The van der Waals surface area contributed by atoms with Crippen LogP contribution in [0.1, 0.15) is 11.1 Å². The molecule has 0 amide bonds. The average Bonchev–Trinajstić information content (AvgIpc) is 3.65. The van der Waals surface area contributed by atoms with Crippen molar-refractivity contribution in [2.75, 3.05) is 0 Å². The molecule has 40 heavy (non-hydrogen) atoms. The van der Waals surface area contributed by atoms with E-state index in [1.54, 1.807) is 0 Å². The molecule has 6 aromatic carbocycles. The zero-order valence-corrected chi connectivity index (χ0v) is 21.6. The van der Waals surface area contributed by atoms with Crippen molar-refractivity contribution >= 4 is 65.7 Å². The zero-order chi connectivity index (χ0) is 26.2. The van der Waals surface area contributed by atoms with Gasteiger partial charge in [0.25, 0.3) is 0 Å². The van der Waals surface area contributed by atoms with Gasteiger partial charge in [0, 0.05) is 38.0 Å². The monoisotopic (exact) mass is 513 g/mol. The number of para-hydroxylation sites is 2. The molecule has 9 rings (SSSR count). The minimum Gasteiger partial charge on any atom is -0.456 e. The van der Waals surface area contributed by atoms with Crippen LogP contribution in [0, 0.1) is 0 Å². The summed E-state index contributed by atoms with van der Waals surface area (Å²) >= 11 is 0. The summed E-state index contributed by atoms with van der Waals surface area (Å²) < 4.78 is 15.1. The predicted molar refractivity (Wildman–Crippen MR) is 165 cm³/mol. The van der Waals surface area contributed by atoms with Crippen molar-refractivity contribution in [3.63, 3.8) is 0 Å². The predicted octanol–water partition coefficient (Wildman–Crippen LogP) is 10.2. The fraction of sp³-hybridized carbons (Fsp3) is 0.0270. The standard InChI is InChI=1S/C37H23NO2/c1-2-8-23(9-3-1)18-24-14-16-34-28(19-24)30-21-37-31(22-36(30)39-34)29-20-25(15-17-35(29)40-37)38-32-12-6-4-10-26(32)27-11-5-7-13-33(27)38/h1-17,19-22H,18H2. The van der Waals surface area contributed by atoms with Crippen LogP contribution >= 0.6 is 0 Å². The molecule has 3 heteroatoms. The maximum Gasteiger partial charge on any atom is 0.136 e. The minimum absolute atomic E-state index is 0.873. The van der Waals surface area contributed by atoms with Crippen LogP contribution in [0.5, 0.6) is 0 Å². The summed E-state index contributed by atoms with van der Waals surface area (Å²) in [6.45, 7) is 0.